The summed E-state index contributed by atoms with van der Waals surface area (Å²) in [7, 11) is 0. The number of aliphatic hydroxyl groups is 1. The van der Waals surface area contributed by atoms with Crippen LogP contribution in [0.25, 0.3) is 5.76 Å². The molecule has 1 N–H and O–H groups in total. The number of anilines is 1. The number of rotatable bonds is 5. The van der Waals surface area contributed by atoms with Crippen LogP contribution in [0.1, 0.15) is 47.7 Å². The molecular weight excluding hydrogens is 454 g/mol. The van der Waals surface area contributed by atoms with Gasteiger partial charge in [-0.3, -0.25) is 14.5 Å². The fraction of sp³-hybridized carbons (Fsp3) is 0.267. The van der Waals surface area contributed by atoms with E-state index in [0.717, 1.165) is 28.9 Å². The van der Waals surface area contributed by atoms with Gasteiger partial charge < -0.3 is 14.6 Å². The standard InChI is InChI=1S/C30H29NO5/c1-17(2)36-24-7-5-6-21(16-24)27-26(28(32)22-8-9-25-20(15-22)10-11-35-25)29(33)30(34)31(27)23-13-18(3)12-19(4)14-23/h5-9,12-17,27,32H,10-11H2,1-4H3/b28-26-. The molecule has 0 radical (unpaired) electrons. The maximum absolute atomic E-state index is 13.5. The van der Waals surface area contributed by atoms with Crippen molar-refractivity contribution in [3.63, 3.8) is 0 Å². The van der Waals surface area contributed by atoms with Crippen LogP contribution >= 0.6 is 0 Å². The molecule has 2 heterocycles. The van der Waals surface area contributed by atoms with E-state index in [9.17, 15) is 14.7 Å². The van der Waals surface area contributed by atoms with E-state index in [4.69, 9.17) is 9.47 Å². The first-order valence-electron chi connectivity index (χ1n) is 12.1. The Labute approximate surface area is 210 Å². The van der Waals surface area contributed by atoms with Crippen molar-refractivity contribution in [3.8, 4) is 11.5 Å². The van der Waals surface area contributed by atoms with Crippen molar-refractivity contribution in [3.05, 3.63) is 94.1 Å². The van der Waals surface area contributed by atoms with E-state index >= 15 is 0 Å². The Kier molecular flexibility index (Phi) is 6.04. The van der Waals surface area contributed by atoms with E-state index in [1.165, 1.54) is 4.90 Å². The number of hydrogen-bond donors (Lipinski definition) is 1. The van der Waals surface area contributed by atoms with E-state index in [2.05, 4.69) is 0 Å². The number of fused-ring (bicyclic) bond motifs is 1. The number of ether oxygens (including phenoxy) is 2. The first-order valence-corrected chi connectivity index (χ1v) is 12.1. The van der Waals surface area contributed by atoms with Crippen LogP contribution in [-0.4, -0.2) is 29.5 Å². The molecule has 1 atom stereocenters. The minimum atomic E-state index is -0.814. The molecule has 1 amide bonds. The number of carbonyl (C=O) groups excluding carboxylic acids is 2. The largest absolute Gasteiger partial charge is 0.507 e. The molecule has 36 heavy (non-hydrogen) atoms. The molecule has 0 saturated carbocycles. The highest BCUT2D eigenvalue weighted by Gasteiger charge is 2.47. The first-order chi connectivity index (χ1) is 17.2. The minimum absolute atomic E-state index is 0.0420. The second kappa shape index (κ2) is 9.19. The summed E-state index contributed by atoms with van der Waals surface area (Å²) in [5.41, 5.74) is 4.74. The van der Waals surface area contributed by atoms with Gasteiger partial charge in [-0.2, -0.15) is 0 Å². The van der Waals surface area contributed by atoms with Crippen molar-refractivity contribution in [2.45, 2.75) is 46.3 Å². The van der Waals surface area contributed by atoms with Crippen LogP contribution in [0.4, 0.5) is 5.69 Å². The van der Waals surface area contributed by atoms with Crippen molar-refractivity contribution in [2.75, 3.05) is 11.5 Å². The number of nitrogens with zero attached hydrogens (tertiary/aromatic N) is 1. The van der Waals surface area contributed by atoms with Crippen LogP contribution in [0, 0.1) is 13.8 Å². The minimum Gasteiger partial charge on any atom is -0.507 e. The summed E-state index contributed by atoms with van der Waals surface area (Å²) in [6, 6.07) is 17.7. The SMILES string of the molecule is Cc1cc(C)cc(N2C(=O)C(=O)/C(=C(\O)c3ccc4c(c3)CCO4)C2c2cccc(OC(C)C)c2)c1. The number of benzene rings is 3. The van der Waals surface area contributed by atoms with Gasteiger partial charge in [-0.25, -0.2) is 0 Å². The summed E-state index contributed by atoms with van der Waals surface area (Å²) >= 11 is 0. The third-order valence-corrected chi connectivity index (χ3v) is 6.44. The summed E-state index contributed by atoms with van der Waals surface area (Å²) < 4.78 is 11.5. The van der Waals surface area contributed by atoms with Crippen LogP contribution in [0.15, 0.2) is 66.2 Å². The Morgan fingerprint density at radius 1 is 1.03 bits per heavy atom. The third-order valence-electron chi connectivity index (χ3n) is 6.44. The Morgan fingerprint density at radius 2 is 1.78 bits per heavy atom. The Morgan fingerprint density at radius 3 is 2.50 bits per heavy atom. The lowest BCUT2D eigenvalue weighted by Gasteiger charge is -2.26. The van der Waals surface area contributed by atoms with E-state index in [0.29, 0.717) is 29.2 Å². The lowest BCUT2D eigenvalue weighted by atomic mass is 9.94. The average Bonchev–Trinajstić information content (AvgIpc) is 3.39. The van der Waals surface area contributed by atoms with Crippen molar-refractivity contribution >= 4 is 23.1 Å². The number of carbonyl (C=O) groups is 2. The summed E-state index contributed by atoms with van der Waals surface area (Å²) in [5.74, 6) is -0.189. The van der Waals surface area contributed by atoms with Crippen molar-refractivity contribution in [2.24, 2.45) is 0 Å². The summed E-state index contributed by atoms with van der Waals surface area (Å²) in [6.45, 7) is 8.36. The topological polar surface area (TPSA) is 76.1 Å². The Balaban J connectivity index is 1.71. The van der Waals surface area contributed by atoms with Gasteiger partial charge in [0.25, 0.3) is 11.7 Å². The lowest BCUT2D eigenvalue weighted by molar-refractivity contribution is -0.132. The Bertz CT molecular complexity index is 1380. The highest BCUT2D eigenvalue weighted by atomic mass is 16.5. The molecule has 5 rings (SSSR count). The highest BCUT2D eigenvalue weighted by Crippen LogP contribution is 2.43. The second-order valence-corrected chi connectivity index (χ2v) is 9.68. The van der Waals surface area contributed by atoms with Gasteiger partial charge in [-0.1, -0.05) is 18.2 Å². The normalized spacial score (nSPS) is 18.5. The quantitative estimate of drug-likeness (QED) is 0.288. The maximum atomic E-state index is 13.5. The van der Waals surface area contributed by atoms with Crippen LogP contribution in [0.2, 0.25) is 0 Å². The van der Waals surface area contributed by atoms with E-state index in [1.54, 1.807) is 12.1 Å². The fourth-order valence-electron chi connectivity index (χ4n) is 5.02. The van der Waals surface area contributed by atoms with E-state index in [1.807, 2.05) is 76.2 Å². The molecule has 0 spiro atoms. The number of hydrogen-bond acceptors (Lipinski definition) is 5. The molecule has 0 bridgehead atoms. The second-order valence-electron chi connectivity index (χ2n) is 9.68. The van der Waals surface area contributed by atoms with E-state index < -0.39 is 17.7 Å². The summed E-state index contributed by atoms with van der Waals surface area (Å²) in [4.78, 5) is 28.5. The van der Waals surface area contributed by atoms with Crippen molar-refractivity contribution < 1.29 is 24.2 Å². The number of amides is 1. The van der Waals surface area contributed by atoms with Crippen molar-refractivity contribution in [1.82, 2.24) is 0 Å². The monoisotopic (exact) mass is 483 g/mol. The molecule has 1 saturated heterocycles. The zero-order valence-electron chi connectivity index (χ0n) is 20.9. The van der Waals surface area contributed by atoms with E-state index in [-0.39, 0.29) is 17.4 Å². The molecule has 184 valence electrons. The maximum Gasteiger partial charge on any atom is 0.300 e. The molecule has 2 aliphatic rings. The zero-order chi connectivity index (χ0) is 25.6. The van der Waals surface area contributed by atoms with Crippen LogP contribution < -0.4 is 14.4 Å². The molecule has 2 aliphatic heterocycles. The van der Waals surface area contributed by atoms with Gasteiger partial charge in [0.2, 0.25) is 0 Å². The number of Topliss-reactive ketones (excluding diaryl/α,β-unsaturated/α-hetero) is 1. The number of ketones is 1. The fourth-order valence-corrected chi connectivity index (χ4v) is 5.02. The molecule has 3 aromatic carbocycles. The van der Waals surface area contributed by atoms with Gasteiger partial charge >= 0.3 is 0 Å². The van der Waals surface area contributed by atoms with Crippen molar-refractivity contribution in [1.29, 1.82) is 0 Å². The zero-order valence-corrected chi connectivity index (χ0v) is 20.9. The smallest absolute Gasteiger partial charge is 0.300 e. The molecule has 3 aromatic rings. The van der Waals surface area contributed by atoms with Crippen LogP contribution in [0.5, 0.6) is 11.5 Å². The molecule has 0 aliphatic carbocycles. The van der Waals surface area contributed by atoms with Gasteiger partial charge in [0, 0.05) is 17.7 Å². The lowest BCUT2D eigenvalue weighted by Crippen LogP contribution is -2.29. The molecule has 6 nitrogen and oxygen atoms in total. The van der Waals surface area contributed by atoms with Gasteiger partial charge in [0.05, 0.1) is 24.3 Å². The predicted molar refractivity (Wildman–Crippen MR) is 139 cm³/mol. The summed E-state index contributed by atoms with van der Waals surface area (Å²) in [6.07, 6.45) is 0.686. The summed E-state index contributed by atoms with van der Waals surface area (Å²) in [5, 5.41) is 11.5. The average molecular weight is 484 g/mol. The van der Waals surface area contributed by atoms with Gasteiger partial charge in [-0.05, 0) is 92.4 Å². The number of aliphatic hydroxyl groups excluding tert-OH is 1. The molecule has 1 fully saturated rings. The van der Waals surface area contributed by atoms with Crippen LogP contribution in [-0.2, 0) is 16.0 Å². The van der Waals surface area contributed by atoms with Gasteiger partial charge in [-0.15, -0.1) is 0 Å². The molecule has 1 unspecified atom stereocenters. The molecular formula is C30H29NO5. The first kappa shape index (κ1) is 23.7. The number of aryl methyl sites for hydroxylation is 2. The van der Waals surface area contributed by atoms with Gasteiger partial charge in [0.1, 0.15) is 17.3 Å². The molecule has 0 aromatic heterocycles. The van der Waals surface area contributed by atoms with Crippen LogP contribution in [0.3, 0.4) is 0 Å². The predicted octanol–water partition coefficient (Wildman–Crippen LogP) is 5.65. The Hall–Kier alpha value is -4.06. The third kappa shape index (κ3) is 4.24. The molecule has 6 heteroatoms. The highest BCUT2D eigenvalue weighted by molar-refractivity contribution is 6.51. The van der Waals surface area contributed by atoms with Gasteiger partial charge in [0.15, 0.2) is 0 Å².